The number of halogens is 1. The molecule has 0 amide bonds. The van der Waals surface area contributed by atoms with E-state index in [1.165, 1.54) is 6.08 Å². The minimum atomic E-state index is -1.84. The fourth-order valence-corrected chi connectivity index (χ4v) is 9.28. The third-order valence-corrected chi connectivity index (χ3v) is 12.1. The van der Waals surface area contributed by atoms with E-state index in [2.05, 4.69) is 0 Å². The molecule has 0 radical (unpaired) electrons. The second kappa shape index (κ2) is 18.2. The Labute approximate surface area is 322 Å². The molecular formula is C41H55ClO12. The summed E-state index contributed by atoms with van der Waals surface area (Å²) in [5.74, 6) is -5.28. The van der Waals surface area contributed by atoms with Gasteiger partial charge in [-0.1, -0.05) is 65.5 Å². The van der Waals surface area contributed by atoms with Crippen LogP contribution in [0.4, 0.5) is 4.79 Å². The Hall–Kier alpha value is -3.90. The summed E-state index contributed by atoms with van der Waals surface area (Å²) in [4.78, 5) is 66.2. The monoisotopic (exact) mass is 774 g/mol. The number of benzene rings is 1. The molecule has 4 rings (SSSR count). The fourth-order valence-electron chi connectivity index (χ4n) is 8.91. The fraction of sp³-hybridized carbons (Fsp3) is 0.634. The zero-order chi connectivity index (χ0) is 39.8. The molecule has 3 aliphatic carbocycles. The lowest BCUT2D eigenvalue weighted by Crippen LogP contribution is -2.60. The number of ether oxygens (including phenoxy) is 4. The topological polar surface area (TPSA) is 183 Å². The molecule has 298 valence electrons. The highest BCUT2D eigenvalue weighted by Crippen LogP contribution is 2.62. The van der Waals surface area contributed by atoms with E-state index in [4.69, 9.17) is 30.5 Å². The molecule has 3 N–H and O–H groups in total. The molecular weight excluding hydrogens is 720 g/mol. The number of phenols is 2. The Morgan fingerprint density at radius 2 is 1.72 bits per heavy atom. The average molecular weight is 775 g/mol. The van der Waals surface area contributed by atoms with Gasteiger partial charge in [0.25, 0.3) is 0 Å². The molecule has 7 unspecified atom stereocenters. The van der Waals surface area contributed by atoms with Crippen LogP contribution in [0.15, 0.2) is 35.9 Å². The van der Waals surface area contributed by atoms with Gasteiger partial charge in [-0.3, -0.25) is 14.4 Å². The van der Waals surface area contributed by atoms with Gasteiger partial charge in [0.1, 0.15) is 0 Å². The number of ketones is 2. The third kappa shape index (κ3) is 9.13. The van der Waals surface area contributed by atoms with Crippen LogP contribution in [0.1, 0.15) is 116 Å². The van der Waals surface area contributed by atoms with E-state index in [-0.39, 0.29) is 54.9 Å². The zero-order valence-electron chi connectivity index (χ0n) is 32.0. The van der Waals surface area contributed by atoms with Crippen LogP contribution in [0.25, 0.3) is 0 Å². The Bertz CT molecular complexity index is 1640. The smallest absolute Gasteiger partial charge is 0.504 e. The van der Waals surface area contributed by atoms with Crippen LogP contribution >= 0.6 is 11.6 Å². The van der Waals surface area contributed by atoms with Gasteiger partial charge in [0.15, 0.2) is 29.5 Å². The number of unbranched alkanes of at least 4 members (excludes halogenated alkanes) is 3. The first-order valence-corrected chi connectivity index (χ1v) is 19.6. The minimum Gasteiger partial charge on any atom is -0.504 e. The van der Waals surface area contributed by atoms with Crippen LogP contribution in [0.5, 0.6) is 17.2 Å². The van der Waals surface area contributed by atoms with Crippen LogP contribution in [0, 0.1) is 28.6 Å². The second-order valence-electron chi connectivity index (χ2n) is 15.6. The van der Waals surface area contributed by atoms with Crippen molar-refractivity contribution in [1.82, 2.24) is 0 Å². The summed E-state index contributed by atoms with van der Waals surface area (Å²) in [5, 5.41) is 32.5. The van der Waals surface area contributed by atoms with E-state index < -0.39 is 76.2 Å². The number of aliphatic hydroxyl groups excluding tert-OH is 1. The molecule has 2 fully saturated rings. The largest absolute Gasteiger partial charge is 0.514 e. The summed E-state index contributed by atoms with van der Waals surface area (Å²) >= 11 is 6.66. The van der Waals surface area contributed by atoms with Gasteiger partial charge in [-0.25, -0.2) is 9.59 Å². The lowest BCUT2D eigenvalue weighted by Gasteiger charge is -2.49. The van der Waals surface area contributed by atoms with Gasteiger partial charge in [-0.15, -0.1) is 11.6 Å². The van der Waals surface area contributed by atoms with Crippen molar-refractivity contribution in [3.63, 3.8) is 0 Å². The van der Waals surface area contributed by atoms with Gasteiger partial charge in [0.05, 0.1) is 18.3 Å². The number of carbonyl (C=O) groups excluding carboxylic acids is 5. The SMILES string of the molecule is CCCCCOC(=O)c1cc(O)c(O)c(OC(=O)OCC(=O)C2(OC(=O)CCCC)C(C)CC3C(CCl)CCC4=CC(=O)C=CC4(C)CC(O)CC32C)c1. The first-order valence-electron chi connectivity index (χ1n) is 19.1. The molecule has 0 spiro atoms. The van der Waals surface area contributed by atoms with Crippen LogP contribution in [-0.2, 0) is 28.6 Å². The number of hydrogen-bond donors (Lipinski definition) is 3. The van der Waals surface area contributed by atoms with Crippen LogP contribution in [-0.4, -0.2) is 75.8 Å². The van der Waals surface area contributed by atoms with Gasteiger partial charge in [-0.05, 0) is 81.1 Å². The van der Waals surface area contributed by atoms with Crippen molar-refractivity contribution in [3.05, 3.63) is 41.5 Å². The molecule has 13 heteroatoms. The van der Waals surface area contributed by atoms with Gasteiger partial charge in [0, 0.05) is 29.0 Å². The van der Waals surface area contributed by atoms with Gasteiger partial charge in [0.2, 0.25) is 11.5 Å². The summed E-state index contributed by atoms with van der Waals surface area (Å²) in [6.07, 6.45) is 8.05. The first-order chi connectivity index (χ1) is 25.5. The van der Waals surface area contributed by atoms with Crippen LogP contribution in [0.3, 0.4) is 0 Å². The molecule has 12 nitrogen and oxygen atoms in total. The molecule has 0 saturated heterocycles. The highest BCUT2D eigenvalue weighted by molar-refractivity contribution is 6.18. The number of aromatic hydroxyl groups is 2. The quantitative estimate of drug-likeness (QED) is 0.0423. The van der Waals surface area contributed by atoms with E-state index in [1.54, 1.807) is 13.0 Å². The second-order valence-corrected chi connectivity index (χ2v) is 15.9. The van der Waals surface area contributed by atoms with Gasteiger partial charge < -0.3 is 34.3 Å². The molecule has 2 saturated carbocycles. The maximum atomic E-state index is 14.7. The normalized spacial score (nSPS) is 29.3. The Morgan fingerprint density at radius 3 is 2.41 bits per heavy atom. The van der Waals surface area contributed by atoms with Gasteiger partial charge >= 0.3 is 18.1 Å². The van der Waals surface area contributed by atoms with E-state index in [0.717, 1.165) is 30.5 Å². The number of hydrogen-bond acceptors (Lipinski definition) is 12. The maximum Gasteiger partial charge on any atom is 0.514 e. The Morgan fingerprint density at radius 1 is 1.00 bits per heavy atom. The van der Waals surface area contributed by atoms with E-state index in [9.17, 15) is 39.3 Å². The van der Waals surface area contributed by atoms with Crippen molar-refractivity contribution in [1.29, 1.82) is 0 Å². The number of alkyl halides is 1. The molecule has 0 bridgehead atoms. The predicted octanol–water partition coefficient (Wildman–Crippen LogP) is 7.53. The van der Waals surface area contributed by atoms with Crippen molar-refractivity contribution in [2.45, 2.75) is 117 Å². The number of phenolic OH excluding ortho intramolecular Hbond substituents is 2. The summed E-state index contributed by atoms with van der Waals surface area (Å²) in [7, 11) is 0. The zero-order valence-corrected chi connectivity index (χ0v) is 32.7. The summed E-state index contributed by atoms with van der Waals surface area (Å²) in [5.41, 5.74) is -2.91. The predicted molar refractivity (Wildman–Crippen MR) is 199 cm³/mol. The number of fused-ring (bicyclic) bond motifs is 2. The molecule has 54 heavy (non-hydrogen) atoms. The highest BCUT2D eigenvalue weighted by Gasteiger charge is 2.69. The number of Topliss-reactive ketones (excluding diaryl/α,β-unsaturated/α-hetero) is 1. The molecule has 1 aromatic rings. The summed E-state index contributed by atoms with van der Waals surface area (Å²) in [6, 6.07) is 1.98. The standard InChI is InChI=1S/C41H55ClO12/c1-6-8-10-16-51-37(49)27-18-32(45)36(48)33(19-27)53-38(50)52-24-34(46)41(54-35(47)11-9-7-2)25(3)17-31-26(23-42)12-13-28-20-29(43)14-15-39(28,4)21-30(44)22-40(31,41)5/h14-15,18-20,25-26,30-31,44-45,48H,6-13,16-17,21-24H2,1-5H3. The highest BCUT2D eigenvalue weighted by atomic mass is 35.5. The van der Waals surface area contributed by atoms with Crippen molar-refractivity contribution in [2.24, 2.45) is 28.6 Å². The Balaban J connectivity index is 1.64. The van der Waals surface area contributed by atoms with Crippen molar-refractivity contribution >= 4 is 41.3 Å². The summed E-state index contributed by atoms with van der Waals surface area (Å²) in [6.45, 7) is 8.76. The lowest BCUT2D eigenvalue weighted by molar-refractivity contribution is -0.194. The maximum absolute atomic E-state index is 14.7. The lowest BCUT2D eigenvalue weighted by atomic mass is 9.59. The molecule has 0 aliphatic heterocycles. The number of rotatable bonds is 14. The minimum absolute atomic E-state index is 0.0474. The van der Waals surface area contributed by atoms with Crippen LogP contribution < -0.4 is 4.74 Å². The number of carbonyl (C=O) groups is 5. The molecule has 1 aromatic carbocycles. The van der Waals surface area contributed by atoms with Gasteiger partial charge in [-0.2, -0.15) is 0 Å². The van der Waals surface area contributed by atoms with E-state index in [1.807, 2.05) is 33.8 Å². The van der Waals surface area contributed by atoms with E-state index in [0.29, 0.717) is 38.5 Å². The van der Waals surface area contributed by atoms with E-state index >= 15 is 0 Å². The average Bonchev–Trinajstić information content (AvgIpc) is 3.33. The first kappa shape index (κ1) is 42.8. The summed E-state index contributed by atoms with van der Waals surface area (Å²) < 4.78 is 22.0. The van der Waals surface area contributed by atoms with Crippen molar-refractivity contribution < 1.29 is 58.2 Å². The molecule has 3 aliphatic rings. The number of aliphatic hydroxyl groups is 1. The number of esters is 2. The van der Waals surface area contributed by atoms with Crippen molar-refractivity contribution in [3.8, 4) is 17.2 Å². The number of allylic oxidation sites excluding steroid dienone is 4. The van der Waals surface area contributed by atoms with Crippen LogP contribution in [0.2, 0.25) is 0 Å². The third-order valence-electron chi connectivity index (χ3n) is 11.7. The molecule has 7 atom stereocenters. The van der Waals surface area contributed by atoms with Crippen molar-refractivity contribution in [2.75, 3.05) is 19.1 Å². The molecule has 0 aromatic heterocycles. The Kier molecular flexibility index (Phi) is 14.4. The molecule has 0 heterocycles.